The summed E-state index contributed by atoms with van der Waals surface area (Å²) < 4.78 is 0. The fraction of sp³-hybridized carbons (Fsp3) is 0.500. The van der Waals surface area contributed by atoms with E-state index in [1.807, 2.05) is 11.6 Å². The normalized spacial score (nSPS) is 17.8. The molecule has 1 atom stereocenters. The van der Waals surface area contributed by atoms with Gasteiger partial charge in [0.25, 0.3) is 0 Å². The number of hydrogen-bond donors (Lipinski definition) is 1. The summed E-state index contributed by atoms with van der Waals surface area (Å²) in [6, 6.07) is 0. The number of thiazole rings is 2. The molecule has 0 aliphatic carbocycles. The fourth-order valence-corrected chi connectivity index (χ4v) is 3.68. The highest BCUT2D eigenvalue weighted by atomic mass is 32.1. The summed E-state index contributed by atoms with van der Waals surface area (Å²) >= 11 is 3.26. The molecule has 0 aromatic carbocycles. The molecular weight excluding hydrogens is 280 g/mol. The van der Waals surface area contributed by atoms with Crippen molar-refractivity contribution in [3.63, 3.8) is 0 Å². The molecule has 0 radical (unpaired) electrons. The Bertz CT molecular complexity index is 518. The van der Waals surface area contributed by atoms with Gasteiger partial charge in [0.15, 0.2) is 10.3 Å². The second-order valence-electron chi connectivity index (χ2n) is 4.51. The molecule has 102 valence electrons. The van der Waals surface area contributed by atoms with Gasteiger partial charge in [0.2, 0.25) is 0 Å². The van der Waals surface area contributed by atoms with E-state index in [9.17, 15) is 5.11 Å². The van der Waals surface area contributed by atoms with Gasteiger partial charge in [-0.15, -0.1) is 11.3 Å². The second kappa shape index (κ2) is 5.44. The van der Waals surface area contributed by atoms with Crippen molar-refractivity contribution in [3.8, 4) is 0 Å². The van der Waals surface area contributed by atoms with E-state index < -0.39 is 6.10 Å². The molecule has 1 N–H and O–H groups in total. The summed E-state index contributed by atoms with van der Waals surface area (Å²) in [4.78, 5) is 14.3. The first-order valence-electron chi connectivity index (χ1n) is 6.27. The third-order valence-corrected chi connectivity index (χ3v) is 5.22. The van der Waals surface area contributed by atoms with Crippen LogP contribution in [0.15, 0.2) is 17.8 Å². The average molecular weight is 296 g/mol. The molecule has 3 rings (SSSR count). The first-order chi connectivity index (χ1) is 9.24. The van der Waals surface area contributed by atoms with Crippen LogP contribution in [0.2, 0.25) is 0 Å². The molecule has 19 heavy (non-hydrogen) atoms. The maximum Gasteiger partial charge on any atom is 0.185 e. The Morgan fingerprint density at radius 3 is 2.37 bits per heavy atom. The molecule has 0 saturated carbocycles. The minimum absolute atomic E-state index is 0.428. The Labute approximate surface area is 120 Å². The monoisotopic (exact) mass is 296 g/mol. The third kappa shape index (κ3) is 2.72. The zero-order valence-electron chi connectivity index (χ0n) is 10.7. The molecule has 0 spiro atoms. The number of rotatable bonds is 3. The molecule has 1 saturated heterocycles. The lowest BCUT2D eigenvalue weighted by Gasteiger charge is -2.34. The molecular formula is C12H16N4OS2. The summed E-state index contributed by atoms with van der Waals surface area (Å²) in [6.45, 7) is 5.62. The molecule has 3 heterocycles. The summed E-state index contributed by atoms with van der Waals surface area (Å²) in [5.74, 6) is 0. The molecule has 1 aliphatic rings. The molecule has 0 bridgehead atoms. The van der Waals surface area contributed by atoms with Crippen LogP contribution in [0, 0.1) is 0 Å². The zero-order valence-corrected chi connectivity index (χ0v) is 12.3. The van der Waals surface area contributed by atoms with Gasteiger partial charge in [0.1, 0.15) is 0 Å². The van der Waals surface area contributed by atoms with Crippen molar-refractivity contribution in [2.75, 3.05) is 36.0 Å². The van der Waals surface area contributed by atoms with E-state index in [1.165, 1.54) is 0 Å². The number of anilines is 2. The van der Waals surface area contributed by atoms with Crippen LogP contribution in [0.5, 0.6) is 0 Å². The van der Waals surface area contributed by atoms with Crippen molar-refractivity contribution in [1.29, 1.82) is 0 Å². The zero-order chi connectivity index (χ0) is 13.2. The smallest absolute Gasteiger partial charge is 0.185 e. The lowest BCUT2D eigenvalue weighted by Crippen LogP contribution is -2.46. The summed E-state index contributed by atoms with van der Waals surface area (Å²) in [7, 11) is 0. The quantitative estimate of drug-likeness (QED) is 0.938. The van der Waals surface area contributed by atoms with Gasteiger partial charge in [-0.2, -0.15) is 0 Å². The Balaban J connectivity index is 1.63. The van der Waals surface area contributed by atoms with Gasteiger partial charge in [0.05, 0.1) is 11.0 Å². The Kier molecular flexibility index (Phi) is 3.67. The number of piperazine rings is 1. The van der Waals surface area contributed by atoms with Crippen molar-refractivity contribution in [2.24, 2.45) is 0 Å². The minimum Gasteiger partial charge on any atom is -0.388 e. The van der Waals surface area contributed by atoms with Crippen LogP contribution in [0.25, 0.3) is 0 Å². The van der Waals surface area contributed by atoms with Gasteiger partial charge >= 0.3 is 0 Å². The average Bonchev–Trinajstić information content (AvgIpc) is 3.11. The predicted molar refractivity (Wildman–Crippen MR) is 79.3 cm³/mol. The molecule has 2 aromatic rings. The van der Waals surface area contributed by atoms with Gasteiger partial charge in [0, 0.05) is 44.0 Å². The number of aliphatic hydroxyl groups excluding tert-OH is 1. The van der Waals surface area contributed by atoms with Gasteiger partial charge in [-0.3, -0.25) is 0 Å². The van der Waals surface area contributed by atoms with Crippen molar-refractivity contribution in [2.45, 2.75) is 13.0 Å². The highest BCUT2D eigenvalue weighted by molar-refractivity contribution is 7.15. The number of nitrogens with zero attached hydrogens (tertiary/aromatic N) is 4. The van der Waals surface area contributed by atoms with Crippen molar-refractivity contribution in [1.82, 2.24) is 9.97 Å². The molecule has 2 aromatic heterocycles. The van der Waals surface area contributed by atoms with Crippen LogP contribution in [-0.4, -0.2) is 41.3 Å². The van der Waals surface area contributed by atoms with E-state index in [4.69, 9.17) is 0 Å². The molecule has 5 nitrogen and oxygen atoms in total. The fourth-order valence-electron chi connectivity index (χ4n) is 2.08. The topological polar surface area (TPSA) is 52.5 Å². The Morgan fingerprint density at radius 1 is 1.16 bits per heavy atom. The van der Waals surface area contributed by atoms with E-state index in [2.05, 4.69) is 19.8 Å². The summed E-state index contributed by atoms with van der Waals surface area (Å²) in [6.07, 6.45) is 3.20. The number of aromatic nitrogens is 2. The van der Waals surface area contributed by atoms with Gasteiger partial charge in [-0.25, -0.2) is 9.97 Å². The van der Waals surface area contributed by atoms with Crippen LogP contribution in [-0.2, 0) is 0 Å². The lowest BCUT2D eigenvalue weighted by atomic mass is 10.3. The van der Waals surface area contributed by atoms with Gasteiger partial charge < -0.3 is 14.9 Å². The van der Waals surface area contributed by atoms with E-state index in [0.717, 1.165) is 41.3 Å². The van der Waals surface area contributed by atoms with Crippen LogP contribution in [0.3, 0.4) is 0 Å². The van der Waals surface area contributed by atoms with Crippen molar-refractivity contribution < 1.29 is 5.11 Å². The maximum atomic E-state index is 9.54. The van der Waals surface area contributed by atoms with Crippen LogP contribution < -0.4 is 9.80 Å². The van der Waals surface area contributed by atoms with Gasteiger partial charge in [-0.05, 0) is 6.92 Å². The molecule has 1 unspecified atom stereocenters. The highest BCUT2D eigenvalue weighted by Gasteiger charge is 2.21. The summed E-state index contributed by atoms with van der Waals surface area (Å²) in [5.41, 5.74) is 0. The van der Waals surface area contributed by atoms with Crippen molar-refractivity contribution in [3.05, 3.63) is 22.7 Å². The molecule has 7 heteroatoms. The van der Waals surface area contributed by atoms with Crippen LogP contribution in [0.4, 0.5) is 10.3 Å². The van der Waals surface area contributed by atoms with Crippen LogP contribution in [0.1, 0.15) is 17.9 Å². The maximum absolute atomic E-state index is 9.54. The van der Waals surface area contributed by atoms with E-state index >= 15 is 0 Å². The number of hydrogen-bond acceptors (Lipinski definition) is 7. The Hall–Kier alpha value is -1.18. The molecule has 1 fully saturated rings. The first kappa shape index (κ1) is 12.8. The molecule has 1 aliphatic heterocycles. The number of aliphatic hydroxyl groups is 1. The lowest BCUT2D eigenvalue weighted by molar-refractivity contribution is 0.203. The Morgan fingerprint density at radius 2 is 1.84 bits per heavy atom. The largest absolute Gasteiger partial charge is 0.388 e. The summed E-state index contributed by atoms with van der Waals surface area (Å²) in [5, 5.41) is 13.7. The first-order valence-corrected chi connectivity index (χ1v) is 7.97. The van der Waals surface area contributed by atoms with Gasteiger partial charge in [-0.1, -0.05) is 11.3 Å². The van der Waals surface area contributed by atoms with E-state index in [0.29, 0.717) is 0 Å². The predicted octanol–water partition coefficient (Wildman–Crippen LogP) is 1.98. The molecule has 0 amide bonds. The van der Waals surface area contributed by atoms with Crippen LogP contribution >= 0.6 is 22.7 Å². The third-order valence-electron chi connectivity index (χ3n) is 3.16. The standard InChI is InChI=1S/C12H16N4OS2/c1-9(17)10-8-14-12(19-10)16-5-3-15(4-6-16)11-13-2-7-18-11/h2,7-9,17H,3-6H2,1H3. The second-order valence-corrected chi connectivity index (χ2v) is 6.42. The highest BCUT2D eigenvalue weighted by Crippen LogP contribution is 2.28. The minimum atomic E-state index is -0.428. The van der Waals surface area contributed by atoms with E-state index in [-0.39, 0.29) is 0 Å². The van der Waals surface area contributed by atoms with Crippen molar-refractivity contribution >= 4 is 32.9 Å². The SMILES string of the molecule is CC(O)c1cnc(N2CCN(c3nccs3)CC2)s1. The van der Waals surface area contributed by atoms with E-state index in [1.54, 1.807) is 35.8 Å².